The van der Waals surface area contributed by atoms with Crippen molar-refractivity contribution in [2.45, 2.75) is 20.8 Å². The Labute approximate surface area is 177 Å². The number of ether oxygens (including phenoxy) is 2. The molecular formula is C22H20N4O3S. The van der Waals surface area contributed by atoms with Gasteiger partial charge in [0.05, 0.1) is 15.9 Å². The van der Waals surface area contributed by atoms with Gasteiger partial charge >= 0.3 is 0 Å². The molecule has 1 N–H and O–H groups in total. The van der Waals surface area contributed by atoms with Gasteiger partial charge in [0, 0.05) is 11.6 Å². The highest BCUT2D eigenvalue weighted by Gasteiger charge is 2.18. The first-order chi connectivity index (χ1) is 14.5. The summed E-state index contributed by atoms with van der Waals surface area (Å²) in [5, 5.41) is 8.22. The van der Waals surface area contributed by atoms with E-state index >= 15 is 0 Å². The van der Waals surface area contributed by atoms with Gasteiger partial charge in [0.25, 0.3) is 5.91 Å². The molecular weight excluding hydrogens is 400 g/mol. The molecule has 0 atom stereocenters. The number of hydrogen-bond donors (Lipinski definition) is 1. The summed E-state index contributed by atoms with van der Waals surface area (Å²) in [6, 6.07) is 11.2. The summed E-state index contributed by atoms with van der Waals surface area (Å²) >= 11 is 1.55. The molecule has 5 rings (SSSR count). The molecule has 0 bridgehead atoms. The number of benzene rings is 2. The average Bonchev–Trinajstić information content (AvgIpc) is 3.30. The molecule has 1 aliphatic heterocycles. The van der Waals surface area contributed by atoms with E-state index in [9.17, 15) is 4.79 Å². The van der Waals surface area contributed by atoms with Crippen LogP contribution in [0.2, 0.25) is 0 Å². The van der Waals surface area contributed by atoms with Gasteiger partial charge in [-0.25, -0.2) is 4.98 Å². The van der Waals surface area contributed by atoms with Crippen LogP contribution >= 0.6 is 11.3 Å². The Morgan fingerprint density at radius 1 is 1.07 bits per heavy atom. The molecule has 8 heteroatoms. The predicted molar refractivity (Wildman–Crippen MR) is 116 cm³/mol. The molecule has 0 radical (unpaired) electrons. The zero-order valence-electron chi connectivity index (χ0n) is 16.9. The van der Waals surface area contributed by atoms with E-state index in [0.717, 1.165) is 21.5 Å². The van der Waals surface area contributed by atoms with Crippen molar-refractivity contribution >= 4 is 33.3 Å². The fourth-order valence-corrected chi connectivity index (χ4v) is 4.66. The van der Waals surface area contributed by atoms with Crippen LogP contribution in [0.4, 0.5) is 5.82 Å². The number of thiazole rings is 1. The third kappa shape index (κ3) is 3.29. The number of aromatic nitrogens is 3. The fourth-order valence-electron chi connectivity index (χ4n) is 3.56. The first-order valence-corrected chi connectivity index (χ1v) is 10.5. The predicted octanol–water partition coefficient (Wildman–Crippen LogP) is 4.43. The van der Waals surface area contributed by atoms with Gasteiger partial charge in [-0.3, -0.25) is 4.79 Å². The largest absolute Gasteiger partial charge is 0.486 e. The van der Waals surface area contributed by atoms with Crippen molar-refractivity contribution in [3.63, 3.8) is 0 Å². The SMILES string of the molecule is Cc1cc(C)c2nc(-n3nc(C)cc3NC(=O)c3ccc4c(c3)OCCO4)sc2c1. The Kier molecular flexibility index (Phi) is 4.43. The van der Waals surface area contributed by atoms with Crippen molar-refractivity contribution in [2.75, 3.05) is 18.5 Å². The van der Waals surface area contributed by atoms with Crippen LogP contribution < -0.4 is 14.8 Å². The Balaban J connectivity index is 1.48. The molecule has 7 nitrogen and oxygen atoms in total. The van der Waals surface area contributed by atoms with E-state index in [0.29, 0.717) is 41.2 Å². The molecule has 30 heavy (non-hydrogen) atoms. The lowest BCUT2D eigenvalue weighted by Crippen LogP contribution is -2.18. The second kappa shape index (κ2) is 7.14. The number of hydrogen-bond acceptors (Lipinski definition) is 6. The van der Waals surface area contributed by atoms with E-state index in [-0.39, 0.29) is 5.91 Å². The van der Waals surface area contributed by atoms with Crippen LogP contribution in [0.15, 0.2) is 36.4 Å². The summed E-state index contributed by atoms with van der Waals surface area (Å²) in [6.07, 6.45) is 0. The van der Waals surface area contributed by atoms with Crippen molar-refractivity contribution in [3.8, 4) is 16.6 Å². The molecule has 3 heterocycles. The molecule has 0 aliphatic carbocycles. The average molecular weight is 420 g/mol. The van der Waals surface area contributed by atoms with Crippen molar-refractivity contribution in [1.29, 1.82) is 0 Å². The second-order valence-corrected chi connectivity index (χ2v) is 8.33. The zero-order chi connectivity index (χ0) is 20.8. The third-order valence-electron chi connectivity index (χ3n) is 4.88. The van der Waals surface area contributed by atoms with E-state index in [1.165, 1.54) is 5.56 Å². The number of nitrogens with zero attached hydrogens (tertiary/aromatic N) is 3. The van der Waals surface area contributed by atoms with Crippen molar-refractivity contribution in [3.05, 3.63) is 58.8 Å². The Morgan fingerprint density at radius 3 is 2.70 bits per heavy atom. The van der Waals surface area contributed by atoms with Gasteiger partial charge in [0.2, 0.25) is 5.13 Å². The van der Waals surface area contributed by atoms with E-state index in [2.05, 4.69) is 36.4 Å². The quantitative estimate of drug-likeness (QED) is 0.530. The molecule has 0 spiro atoms. The van der Waals surface area contributed by atoms with Crippen LogP contribution in [0.5, 0.6) is 11.5 Å². The first-order valence-electron chi connectivity index (χ1n) is 9.64. The topological polar surface area (TPSA) is 78.3 Å². The summed E-state index contributed by atoms with van der Waals surface area (Å²) in [7, 11) is 0. The summed E-state index contributed by atoms with van der Waals surface area (Å²) < 4.78 is 13.9. The van der Waals surface area contributed by atoms with E-state index in [1.54, 1.807) is 34.2 Å². The normalized spacial score (nSPS) is 12.9. The molecule has 0 unspecified atom stereocenters. The van der Waals surface area contributed by atoms with Gasteiger partial charge in [-0.1, -0.05) is 17.4 Å². The van der Waals surface area contributed by atoms with Crippen LogP contribution in [0, 0.1) is 20.8 Å². The number of nitrogens with one attached hydrogen (secondary N) is 1. The van der Waals surface area contributed by atoms with E-state index in [4.69, 9.17) is 14.5 Å². The third-order valence-corrected chi connectivity index (χ3v) is 5.86. The summed E-state index contributed by atoms with van der Waals surface area (Å²) in [5.74, 6) is 1.55. The van der Waals surface area contributed by atoms with E-state index < -0.39 is 0 Å². The first kappa shape index (κ1) is 18.6. The van der Waals surface area contributed by atoms with Gasteiger partial charge < -0.3 is 14.8 Å². The van der Waals surface area contributed by atoms with Gasteiger partial charge in [0.15, 0.2) is 11.5 Å². The van der Waals surface area contributed by atoms with Crippen LogP contribution in [-0.4, -0.2) is 33.9 Å². The van der Waals surface area contributed by atoms with Gasteiger partial charge in [-0.15, -0.1) is 0 Å². The van der Waals surface area contributed by atoms with Crippen LogP contribution in [0.3, 0.4) is 0 Å². The number of aryl methyl sites for hydroxylation is 3. The summed E-state index contributed by atoms with van der Waals surface area (Å²) in [5.41, 5.74) is 4.55. The maximum atomic E-state index is 12.9. The molecule has 2 aromatic carbocycles. The lowest BCUT2D eigenvalue weighted by atomic mass is 10.1. The van der Waals surface area contributed by atoms with Crippen molar-refractivity contribution < 1.29 is 14.3 Å². The van der Waals surface area contributed by atoms with Crippen LogP contribution in [0.1, 0.15) is 27.2 Å². The van der Waals surface area contributed by atoms with Gasteiger partial charge in [-0.2, -0.15) is 9.78 Å². The number of carbonyl (C=O) groups is 1. The summed E-state index contributed by atoms with van der Waals surface area (Å²) in [4.78, 5) is 17.7. The maximum Gasteiger partial charge on any atom is 0.256 e. The molecule has 0 fully saturated rings. The van der Waals surface area contributed by atoms with Crippen LogP contribution in [-0.2, 0) is 0 Å². The minimum absolute atomic E-state index is 0.249. The Morgan fingerprint density at radius 2 is 1.87 bits per heavy atom. The molecule has 152 valence electrons. The monoisotopic (exact) mass is 420 g/mol. The molecule has 2 aromatic heterocycles. The molecule has 0 saturated carbocycles. The number of anilines is 1. The standard InChI is InChI=1S/C22H20N4O3S/c1-12-8-13(2)20-18(9-12)30-22(24-20)26-19(10-14(3)25-26)23-21(27)15-4-5-16-17(11-15)29-7-6-28-16/h4-5,8-11H,6-7H2,1-3H3,(H,23,27). The lowest BCUT2D eigenvalue weighted by Gasteiger charge is -2.18. The highest BCUT2D eigenvalue weighted by molar-refractivity contribution is 7.20. The van der Waals surface area contributed by atoms with Gasteiger partial charge in [-0.05, 0) is 56.2 Å². The fraction of sp³-hybridized carbons (Fsp3) is 0.227. The molecule has 1 aliphatic rings. The minimum atomic E-state index is -0.249. The zero-order valence-corrected chi connectivity index (χ0v) is 17.7. The Bertz CT molecular complexity index is 1290. The second-order valence-electron chi connectivity index (χ2n) is 7.32. The number of rotatable bonds is 3. The number of carbonyl (C=O) groups excluding carboxylic acids is 1. The highest BCUT2D eigenvalue weighted by Crippen LogP contribution is 2.32. The molecule has 4 aromatic rings. The number of fused-ring (bicyclic) bond motifs is 2. The lowest BCUT2D eigenvalue weighted by molar-refractivity contribution is 0.102. The van der Waals surface area contributed by atoms with Crippen molar-refractivity contribution in [2.24, 2.45) is 0 Å². The maximum absolute atomic E-state index is 12.9. The van der Waals surface area contributed by atoms with Crippen molar-refractivity contribution in [1.82, 2.24) is 14.8 Å². The Hall–Kier alpha value is -3.39. The molecule has 0 saturated heterocycles. The highest BCUT2D eigenvalue weighted by atomic mass is 32.1. The minimum Gasteiger partial charge on any atom is -0.486 e. The summed E-state index contributed by atoms with van der Waals surface area (Å²) in [6.45, 7) is 7.00. The smallest absolute Gasteiger partial charge is 0.256 e. The van der Waals surface area contributed by atoms with Gasteiger partial charge in [0.1, 0.15) is 19.0 Å². The van der Waals surface area contributed by atoms with E-state index in [1.807, 2.05) is 13.0 Å². The number of amides is 1. The molecule has 1 amide bonds. The van der Waals surface area contributed by atoms with Crippen LogP contribution in [0.25, 0.3) is 15.3 Å².